The highest BCUT2D eigenvalue weighted by Gasteiger charge is 2.36. The molecule has 3 rings (SSSR count). The number of imidazole rings is 1. The number of nitrogens with one attached hydrogen (secondary N) is 1. The number of carbonyl (C=O) groups excluding carboxylic acids is 1. The SMILES string of the molecule is CC(Sc1nc2ccccc2n1C(F)F)C(=O)Nc1ccc([N+](=O)[O-])cc1C(F)(F)F. The van der Waals surface area contributed by atoms with Crippen LogP contribution in [-0.4, -0.2) is 25.6 Å². The Morgan fingerprint density at radius 3 is 2.52 bits per heavy atom. The first-order chi connectivity index (χ1) is 14.5. The predicted octanol–water partition coefficient (Wildman–Crippen LogP) is 5.48. The van der Waals surface area contributed by atoms with Crippen molar-refractivity contribution < 1.29 is 31.7 Å². The zero-order chi connectivity index (χ0) is 22.9. The zero-order valence-electron chi connectivity index (χ0n) is 15.6. The monoisotopic (exact) mass is 460 g/mol. The van der Waals surface area contributed by atoms with Gasteiger partial charge < -0.3 is 5.32 Å². The molecule has 0 spiro atoms. The van der Waals surface area contributed by atoms with E-state index in [1.807, 2.05) is 0 Å². The molecule has 7 nitrogen and oxygen atoms in total. The Labute approximate surface area is 175 Å². The number of para-hydroxylation sites is 2. The number of fused-ring (bicyclic) bond motifs is 1. The number of rotatable bonds is 6. The van der Waals surface area contributed by atoms with Crippen molar-refractivity contribution in [1.29, 1.82) is 0 Å². The van der Waals surface area contributed by atoms with E-state index in [4.69, 9.17) is 0 Å². The zero-order valence-corrected chi connectivity index (χ0v) is 16.4. The summed E-state index contributed by atoms with van der Waals surface area (Å²) in [4.78, 5) is 26.3. The summed E-state index contributed by atoms with van der Waals surface area (Å²) in [5, 5.41) is 11.5. The Bertz CT molecular complexity index is 1150. The molecule has 1 heterocycles. The van der Waals surface area contributed by atoms with Crippen molar-refractivity contribution in [3.05, 3.63) is 58.1 Å². The Morgan fingerprint density at radius 2 is 1.90 bits per heavy atom. The lowest BCUT2D eigenvalue weighted by Crippen LogP contribution is -2.24. The normalized spacial score (nSPS) is 12.9. The van der Waals surface area contributed by atoms with Gasteiger partial charge in [-0.1, -0.05) is 23.9 Å². The lowest BCUT2D eigenvalue weighted by molar-refractivity contribution is -0.385. The Hall–Kier alpha value is -3.22. The molecule has 1 unspecified atom stereocenters. The molecule has 1 atom stereocenters. The van der Waals surface area contributed by atoms with Crippen LogP contribution in [0.1, 0.15) is 19.0 Å². The van der Waals surface area contributed by atoms with E-state index in [0.717, 1.165) is 12.1 Å². The van der Waals surface area contributed by atoms with Crippen molar-refractivity contribution in [2.24, 2.45) is 0 Å². The Kier molecular flexibility index (Phi) is 6.15. The number of anilines is 1. The molecule has 0 radical (unpaired) electrons. The second kappa shape index (κ2) is 8.49. The summed E-state index contributed by atoms with van der Waals surface area (Å²) in [5.41, 5.74) is -2.46. The third kappa shape index (κ3) is 4.76. The van der Waals surface area contributed by atoms with Crippen molar-refractivity contribution in [1.82, 2.24) is 9.55 Å². The molecule has 13 heteroatoms. The first-order valence-corrected chi connectivity index (χ1v) is 9.45. The molecule has 0 fully saturated rings. The number of halogens is 5. The van der Waals surface area contributed by atoms with Gasteiger partial charge >= 0.3 is 12.7 Å². The highest BCUT2D eigenvalue weighted by Crippen LogP contribution is 2.38. The van der Waals surface area contributed by atoms with E-state index in [0.29, 0.717) is 22.4 Å². The number of nitro benzene ring substituents is 1. The van der Waals surface area contributed by atoms with Crippen LogP contribution in [0.5, 0.6) is 0 Å². The van der Waals surface area contributed by atoms with Crippen LogP contribution < -0.4 is 5.32 Å². The van der Waals surface area contributed by atoms with Crippen molar-refractivity contribution in [2.75, 3.05) is 5.32 Å². The van der Waals surface area contributed by atoms with E-state index in [2.05, 4.69) is 10.3 Å². The van der Waals surface area contributed by atoms with E-state index < -0.39 is 45.7 Å². The molecule has 3 aromatic rings. The largest absolute Gasteiger partial charge is 0.418 e. The number of hydrogen-bond donors (Lipinski definition) is 1. The number of carbonyl (C=O) groups is 1. The maximum Gasteiger partial charge on any atom is 0.418 e. The number of aromatic nitrogens is 2. The summed E-state index contributed by atoms with van der Waals surface area (Å²) >= 11 is 0.643. The van der Waals surface area contributed by atoms with Gasteiger partial charge in [-0.3, -0.25) is 19.5 Å². The van der Waals surface area contributed by atoms with Crippen LogP contribution in [0.4, 0.5) is 33.3 Å². The van der Waals surface area contributed by atoms with E-state index in [1.165, 1.54) is 19.1 Å². The van der Waals surface area contributed by atoms with Crippen LogP contribution in [0, 0.1) is 10.1 Å². The number of thioether (sulfide) groups is 1. The molecule has 0 aliphatic carbocycles. The fourth-order valence-corrected chi connectivity index (χ4v) is 3.65. The van der Waals surface area contributed by atoms with E-state index in [9.17, 15) is 36.9 Å². The topological polar surface area (TPSA) is 90.1 Å². The van der Waals surface area contributed by atoms with Crippen LogP contribution in [0.25, 0.3) is 11.0 Å². The van der Waals surface area contributed by atoms with Crippen molar-refractivity contribution in [3.8, 4) is 0 Å². The van der Waals surface area contributed by atoms with Gasteiger partial charge in [0, 0.05) is 12.1 Å². The molecule has 31 heavy (non-hydrogen) atoms. The molecule has 0 bridgehead atoms. The number of amides is 1. The molecule has 164 valence electrons. The lowest BCUT2D eigenvalue weighted by atomic mass is 10.1. The minimum absolute atomic E-state index is 0.141. The molecule has 0 aliphatic heterocycles. The smallest absolute Gasteiger partial charge is 0.325 e. The van der Waals surface area contributed by atoms with Gasteiger partial charge in [0.1, 0.15) is 0 Å². The molecule has 0 aliphatic rings. The molecule has 1 N–H and O–H groups in total. The first kappa shape index (κ1) is 22.5. The lowest BCUT2D eigenvalue weighted by Gasteiger charge is -2.16. The van der Waals surface area contributed by atoms with Crippen molar-refractivity contribution in [2.45, 2.75) is 30.1 Å². The van der Waals surface area contributed by atoms with Gasteiger partial charge in [0.2, 0.25) is 5.91 Å². The average Bonchev–Trinajstić information content (AvgIpc) is 3.05. The van der Waals surface area contributed by atoms with Crippen LogP contribution >= 0.6 is 11.8 Å². The van der Waals surface area contributed by atoms with Gasteiger partial charge in [-0.15, -0.1) is 0 Å². The number of benzene rings is 2. The molecule has 0 saturated carbocycles. The van der Waals surface area contributed by atoms with Crippen molar-refractivity contribution >= 4 is 40.1 Å². The average molecular weight is 460 g/mol. The summed E-state index contributed by atoms with van der Waals surface area (Å²) in [6.07, 6.45) is -4.96. The maximum absolute atomic E-state index is 13.5. The fraction of sp³-hybridized carbons (Fsp3) is 0.222. The minimum atomic E-state index is -4.96. The van der Waals surface area contributed by atoms with E-state index in [-0.39, 0.29) is 16.2 Å². The Morgan fingerprint density at radius 1 is 1.23 bits per heavy atom. The Balaban J connectivity index is 1.86. The fourth-order valence-electron chi connectivity index (χ4n) is 2.73. The second-order valence-electron chi connectivity index (χ2n) is 6.26. The quantitative estimate of drug-likeness (QED) is 0.228. The van der Waals surface area contributed by atoms with Gasteiger partial charge in [0.15, 0.2) is 5.16 Å². The number of alkyl halides is 5. The van der Waals surface area contributed by atoms with Crippen LogP contribution in [0.3, 0.4) is 0 Å². The summed E-state index contributed by atoms with van der Waals surface area (Å²) in [6.45, 7) is -1.63. The summed E-state index contributed by atoms with van der Waals surface area (Å²) < 4.78 is 67.5. The van der Waals surface area contributed by atoms with Gasteiger partial charge in [0.05, 0.1) is 32.5 Å². The highest BCUT2D eigenvalue weighted by molar-refractivity contribution is 8.00. The van der Waals surface area contributed by atoms with Gasteiger partial charge in [-0.2, -0.15) is 22.0 Å². The van der Waals surface area contributed by atoms with Gasteiger partial charge in [-0.25, -0.2) is 4.98 Å². The third-order valence-corrected chi connectivity index (χ3v) is 5.25. The molecule has 0 saturated heterocycles. The molecule has 1 amide bonds. The first-order valence-electron chi connectivity index (χ1n) is 8.57. The van der Waals surface area contributed by atoms with Crippen LogP contribution in [-0.2, 0) is 11.0 Å². The second-order valence-corrected chi connectivity index (χ2v) is 7.57. The number of nitro groups is 1. The number of non-ortho nitro benzene ring substituents is 1. The van der Waals surface area contributed by atoms with Crippen LogP contribution in [0.15, 0.2) is 47.6 Å². The van der Waals surface area contributed by atoms with Crippen LogP contribution in [0.2, 0.25) is 0 Å². The van der Waals surface area contributed by atoms with Gasteiger partial charge in [0.25, 0.3) is 5.69 Å². The van der Waals surface area contributed by atoms with E-state index in [1.54, 1.807) is 12.1 Å². The molecule has 2 aromatic carbocycles. The summed E-state index contributed by atoms with van der Waals surface area (Å²) in [7, 11) is 0. The molecular weight excluding hydrogens is 447 g/mol. The highest BCUT2D eigenvalue weighted by atomic mass is 32.2. The molecular formula is C18H13F5N4O3S. The minimum Gasteiger partial charge on any atom is -0.325 e. The maximum atomic E-state index is 13.5. The standard InChI is InChI=1S/C18H13F5N4O3S/c1-9(31-17-25-13-4-2-3-5-14(13)26(17)16(19)20)15(28)24-12-7-6-10(27(29)30)8-11(12)18(21,22)23/h2-9,16H,1H3,(H,24,28). The molecule has 1 aromatic heterocycles. The summed E-state index contributed by atoms with van der Waals surface area (Å²) in [6, 6.07) is 7.97. The number of nitrogens with zero attached hydrogens (tertiary/aromatic N) is 3. The van der Waals surface area contributed by atoms with Crippen molar-refractivity contribution in [3.63, 3.8) is 0 Å². The third-order valence-electron chi connectivity index (χ3n) is 4.19. The predicted molar refractivity (Wildman–Crippen MR) is 103 cm³/mol. The summed E-state index contributed by atoms with van der Waals surface area (Å²) in [5.74, 6) is -0.919. The van der Waals surface area contributed by atoms with E-state index >= 15 is 0 Å². The van der Waals surface area contributed by atoms with Gasteiger partial charge in [-0.05, 0) is 25.1 Å². The number of hydrogen-bond acceptors (Lipinski definition) is 5.